The van der Waals surface area contributed by atoms with Gasteiger partial charge in [0.2, 0.25) is 11.7 Å². The monoisotopic (exact) mass is 359 g/mol. The fraction of sp³-hybridized carbons (Fsp3) is 0.118. The van der Waals surface area contributed by atoms with E-state index in [1.807, 2.05) is 30.3 Å². The highest BCUT2D eigenvalue weighted by molar-refractivity contribution is 7.73. The van der Waals surface area contributed by atoms with Crippen LogP contribution in [0.5, 0.6) is 5.88 Å². The lowest BCUT2D eigenvalue weighted by Crippen LogP contribution is -2.05. The molecule has 0 unspecified atom stereocenters. The molecular formula is C17H13NO4S2. The van der Waals surface area contributed by atoms with Crippen LogP contribution in [0.4, 0.5) is 0 Å². The topological polar surface area (TPSA) is 79.5 Å². The number of carbonyl (C=O) groups excluding carboxylic acids is 1. The van der Waals surface area contributed by atoms with Crippen molar-refractivity contribution in [1.82, 2.24) is 4.57 Å². The smallest absolute Gasteiger partial charge is 0.305 e. The molecule has 1 heterocycles. The average Bonchev–Trinajstić information content (AvgIpc) is 2.86. The Balaban J connectivity index is 1.98. The van der Waals surface area contributed by atoms with Crippen molar-refractivity contribution in [1.29, 1.82) is 0 Å². The van der Waals surface area contributed by atoms with Gasteiger partial charge in [-0.05, 0) is 29.1 Å². The number of hydrogen-bond donors (Lipinski definition) is 2. The van der Waals surface area contributed by atoms with Crippen LogP contribution in [0.1, 0.15) is 21.7 Å². The molecular weight excluding hydrogens is 346 g/mol. The maximum atomic E-state index is 12.7. The summed E-state index contributed by atoms with van der Waals surface area (Å²) in [5, 5.41) is 21.0. The first-order chi connectivity index (χ1) is 11.5. The van der Waals surface area contributed by atoms with Gasteiger partial charge in [0.05, 0.1) is 6.42 Å². The Morgan fingerprint density at radius 3 is 2.54 bits per heavy atom. The number of carboxylic acids is 1. The molecule has 0 amide bonds. The highest BCUT2D eigenvalue weighted by Gasteiger charge is 2.20. The molecule has 0 aliphatic rings. The predicted octanol–water partition coefficient (Wildman–Crippen LogP) is 3.84. The first-order valence-corrected chi connectivity index (χ1v) is 8.37. The van der Waals surface area contributed by atoms with Crippen molar-refractivity contribution in [2.45, 2.75) is 13.0 Å². The average molecular weight is 359 g/mol. The van der Waals surface area contributed by atoms with Gasteiger partial charge < -0.3 is 10.2 Å². The fourth-order valence-corrected chi connectivity index (χ4v) is 3.71. The zero-order valence-corrected chi connectivity index (χ0v) is 14.1. The summed E-state index contributed by atoms with van der Waals surface area (Å²) >= 11 is 6.12. The van der Waals surface area contributed by atoms with Gasteiger partial charge in [-0.25, -0.2) is 0 Å². The van der Waals surface area contributed by atoms with Crippen molar-refractivity contribution in [3.8, 4) is 5.88 Å². The molecule has 1 aromatic heterocycles. The van der Waals surface area contributed by atoms with Gasteiger partial charge in [0.25, 0.3) is 0 Å². The fourth-order valence-electron chi connectivity index (χ4n) is 2.41. The second-order valence-electron chi connectivity index (χ2n) is 5.21. The molecule has 122 valence electrons. The van der Waals surface area contributed by atoms with Crippen LogP contribution in [0.15, 0.2) is 42.5 Å². The van der Waals surface area contributed by atoms with E-state index in [1.165, 1.54) is 4.57 Å². The molecule has 0 saturated carbocycles. The highest BCUT2D eigenvalue weighted by atomic mass is 32.1. The normalized spacial score (nSPS) is 10.8. The molecule has 0 aliphatic heterocycles. The quantitative estimate of drug-likeness (QED) is 0.534. The Labute approximate surface area is 146 Å². The minimum Gasteiger partial charge on any atom is -0.493 e. The van der Waals surface area contributed by atoms with E-state index in [4.69, 9.17) is 17.3 Å². The van der Waals surface area contributed by atoms with Gasteiger partial charge in [0, 0.05) is 12.1 Å². The minimum absolute atomic E-state index is 0.0293. The highest BCUT2D eigenvalue weighted by Crippen LogP contribution is 2.29. The number of nitrogens with zero attached hydrogens (tertiary/aromatic N) is 1. The molecule has 0 bridgehead atoms. The van der Waals surface area contributed by atoms with Crippen LogP contribution in [-0.2, 0) is 11.3 Å². The lowest BCUT2D eigenvalue weighted by molar-refractivity contribution is -0.137. The van der Waals surface area contributed by atoms with E-state index in [0.29, 0.717) is 5.56 Å². The van der Waals surface area contributed by atoms with Gasteiger partial charge >= 0.3 is 5.97 Å². The minimum atomic E-state index is -0.995. The lowest BCUT2D eigenvalue weighted by Gasteiger charge is -2.04. The zero-order valence-electron chi connectivity index (χ0n) is 12.4. The van der Waals surface area contributed by atoms with Crippen LogP contribution in [0.2, 0.25) is 0 Å². The summed E-state index contributed by atoms with van der Waals surface area (Å²) in [5.74, 6) is -1.60. The first kappa shape index (κ1) is 16.4. The molecule has 0 radical (unpaired) electrons. The second-order valence-corrected chi connectivity index (χ2v) is 6.85. The molecule has 24 heavy (non-hydrogen) atoms. The van der Waals surface area contributed by atoms with Crippen molar-refractivity contribution in [3.63, 3.8) is 0 Å². The van der Waals surface area contributed by atoms with Gasteiger partial charge in [0.1, 0.15) is 4.88 Å². The van der Waals surface area contributed by atoms with Crippen molar-refractivity contribution in [2.75, 3.05) is 0 Å². The van der Waals surface area contributed by atoms with Gasteiger partial charge in [-0.3, -0.25) is 14.2 Å². The first-order valence-electron chi connectivity index (χ1n) is 7.15. The molecule has 5 nitrogen and oxygen atoms in total. The van der Waals surface area contributed by atoms with Crippen molar-refractivity contribution >= 4 is 46.1 Å². The molecule has 3 rings (SSSR count). The molecule has 3 aromatic rings. The number of carbonyl (C=O) groups is 2. The van der Waals surface area contributed by atoms with Gasteiger partial charge in [-0.15, -0.1) is 0 Å². The van der Waals surface area contributed by atoms with Gasteiger partial charge in [-0.1, -0.05) is 47.7 Å². The number of aromatic hydroxyl groups is 1. The third kappa shape index (κ3) is 3.08. The number of thiazole rings is 1. The third-order valence-corrected chi connectivity index (χ3v) is 5.07. The Morgan fingerprint density at radius 2 is 1.83 bits per heavy atom. The maximum absolute atomic E-state index is 12.7. The van der Waals surface area contributed by atoms with E-state index >= 15 is 0 Å². The van der Waals surface area contributed by atoms with E-state index in [1.54, 1.807) is 12.1 Å². The lowest BCUT2D eigenvalue weighted by atomic mass is 10.0. The molecule has 2 aromatic carbocycles. The number of aliphatic carboxylic acids is 1. The number of carboxylic acid groups (broad SMARTS) is 1. The van der Waals surface area contributed by atoms with Crippen LogP contribution in [0.25, 0.3) is 10.8 Å². The van der Waals surface area contributed by atoms with Crippen LogP contribution < -0.4 is 0 Å². The number of hydrogen-bond acceptors (Lipinski definition) is 5. The summed E-state index contributed by atoms with van der Waals surface area (Å²) in [5.41, 5.74) is 0.450. The number of fused-ring (bicyclic) bond motifs is 1. The molecule has 0 fully saturated rings. The van der Waals surface area contributed by atoms with Crippen LogP contribution in [0.3, 0.4) is 0 Å². The van der Waals surface area contributed by atoms with E-state index in [-0.39, 0.29) is 33.5 Å². The summed E-state index contributed by atoms with van der Waals surface area (Å²) < 4.78 is 1.56. The van der Waals surface area contributed by atoms with Gasteiger partial charge in [-0.2, -0.15) is 0 Å². The van der Waals surface area contributed by atoms with E-state index < -0.39 is 5.97 Å². The SMILES string of the molecule is O=C(O)CCn1c(O)c(C(=O)c2ccc3ccccc3c2)sc1=S. The Bertz CT molecular complexity index is 1000. The largest absolute Gasteiger partial charge is 0.493 e. The number of aromatic nitrogens is 1. The van der Waals surface area contributed by atoms with E-state index in [9.17, 15) is 14.7 Å². The number of benzene rings is 2. The molecule has 7 heteroatoms. The predicted molar refractivity (Wildman–Crippen MR) is 94.4 cm³/mol. The molecule has 0 atom stereocenters. The van der Waals surface area contributed by atoms with E-state index in [2.05, 4.69) is 0 Å². The Morgan fingerprint density at radius 1 is 1.12 bits per heavy atom. The molecule has 0 spiro atoms. The molecule has 0 saturated heterocycles. The van der Waals surface area contributed by atoms with Crippen LogP contribution in [0, 0.1) is 3.95 Å². The Hall–Kier alpha value is -2.51. The maximum Gasteiger partial charge on any atom is 0.305 e. The zero-order chi connectivity index (χ0) is 17.3. The third-order valence-electron chi connectivity index (χ3n) is 3.64. The van der Waals surface area contributed by atoms with E-state index in [0.717, 1.165) is 22.1 Å². The van der Waals surface area contributed by atoms with Crippen LogP contribution >= 0.6 is 23.6 Å². The standard InChI is InChI=1S/C17H13NO4S2/c19-13(20)7-8-18-16(22)15(24-17(18)23)14(21)12-6-5-10-3-1-2-4-11(10)9-12/h1-6,9,22H,7-8H2,(H,19,20). The van der Waals surface area contributed by atoms with Crippen molar-refractivity contribution in [2.24, 2.45) is 0 Å². The summed E-state index contributed by atoms with van der Waals surface area (Å²) in [6.45, 7) is 0.0293. The van der Waals surface area contributed by atoms with Crippen molar-refractivity contribution in [3.05, 3.63) is 56.9 Å². The van der Waals surface area contributed by atoms with Crippen molar-refractivity contribution < 1.29 is 19.8 Å². The Kier molecular flexibility index (Phi) is 4.46. The number of rotatable bonds is 5. The summed E-state index contributed by atoms with van der Waals surface area (Å²) in [6, 6.07) is 13.0. The summed E-state index contributed by atoms with van der Waals surface area (Å²) in [4.78, 5) is 23.5. The van der Waals surface area contributed by atoms with Crippen LogP contribution in [-0.4, -0.2) is 26.5 Å². The second kappa shape index (κ2) is 6.54. The number of ketones is 1. The molecule has 2 N–H and O–H groups in total. The summed E-state index contributed by atoms with van der Waals surface area (Å²) in [7, 11) is 0. The van der Waals surface area contributed by atoms with Gasteiger partial charge in [0.15, 0.2) is 3.95 Å². The molecule has 0 aliphatic carbocycles. The summed E-state index contributed by atoms with van der Waals surface area (Å²) in [6.07, 6.45) is -0.178.